The molecule has 1 heterocycles. The molecule has 0 amide bonds. The molecule has 0 unspecified atom stereocenters. The van der Waals surface area contributed by atoms with Crippen molar-refractivity contribution in [2.45, 2.75) is 19.8 Å². The number of nitrogens with one attached hydrogen (secondary N) is 1. The van der Waals surface area contributed by atoms with E-state index in [-0.39, 0.29) is 6.42 Å². The van der Waals surface area contributed by atoms with Crippen LogP contribution in [0, 0.1) is 6.92 Å². The molecule has 0 aliphatic carbocycles. The fraction of sp³-hybridized carbons (Fsp3) is 0.429. The molecule has 1 aromatic heterocycles. The molecule has 0 fully saturated rings. The molecule has 1 rings (SSSR count). The third-order valence-electron chi connectivity index (χ3n) is 1.65. The Morgan fingerprint density at radius 1 is 1.75 bits per heavy atom. The molecular weight excluding hydrogens is 158 g/mol. The number of nitrogens with zero attached hydrogens (tertiary/aromatic N) is 1. The summed E-state index contributed by atoms with van der Waals surface area (Å²) in [5, 5.41) is 15.0. The van der Waals surface area contributed by atoms with E-state index in [9.17, 15) is 4.79 Å². The summed E-state index contributed by atoms with van der Waals surface area (Å²) in [7, 11) is 0. The fourth-order valence-electron chi connectivity index (χ4n) is 0.904. The SMILES string of the molecule is Cc1[nH]nc(CCC(=O)O)c1N. The maximum Gasteiger partial charge on any atom is 0.303 e. The molecule has 66 valence electrons. The van der Waals surface area contributed by atoms with Crippen molar-refractivity contribution in [3.8, 4) is 0 Å². The molecule has 0 saturated heterocycles. The van der Waals surface area contributed by atoms with Crippen molar-refractivity contribution in [1.82, 2.24) is 10.2 Å². The fourth-order valence-corrected chi connectivity index (χ4v) is 0.904. The first-order chi connectivity index (χ1) is 5.61. The Hall–Kier alpha value is -1.52. The van der Waals surface area contributed by atoms with Crippen LogP contribution < -0.4 is 5.73 Å². The van der Waals surface area contributed by atoms with Crippen LogP contribution in [-0.4, -0.2) is 21.3 Å². The molecular formula is C7H11N3O2. The van der Waals surface area contributed by atoms with E-state index in [1.54, 1.807) is 6.92 Å². The van der Waals surface area contributed by atoms with E-state index in [2.05, 4.69) is 10.2 Å². The molecule has 0 radical (unpaired) electrons. The van der Waals surface area contributed by atoms with Crippen LogP contribution in [-0.2, 0) is 11.2 Å². The molecule has 0 spiro atoms. The van der Waals surface area contributed by atoms with Gasteiger partial charge in [0.2, 0.25) is 0 Å². The molecule has 12 heavy (non-hydrogen) atoms. The smallest absolute Gasteiger partial charge is 0.303 e. The van der Waals surface area contributed by atoms with Crippen molar-refractivity contribution < 1.29 is 9.90 Å². The number of H-pyrrole nitrogens is 1. The van der Waals surface area contributed by atoms with Crippen LogP contribution in [0.2, 0.25) is 0 Å². The lowest BCUT2D eigenvalue weighted by Gasteiger charge is -1.94. The van der Waals surface area contributed by atoms with E-state index in [1.165, 1.54) is 0 Å². The number of aliphatic carboxylic acids is 1. The summed E-state index contributed by atoms with van der Waals surface area (Å²) < 4.78 is 0. The highest BCUT2D eigenvalue weighted by molar-refractivity contribution is 5.67. The number of aromatic amines is 1. The zero-order valence-electron chi connectivity index (χ0n) is 6.79. The average Bonchev–Trinajstić information content (AvgIpc) is 2.30. The summed E-state index contributed by atoms with van der Waals surface area (Å²) in [5.74, 6) is -0.838. The van der Waals surface area contributed by atoms with Crippen LogP contribution in [0.3, 0.4) is 0 Å². The van der Waals surface area contributed by atoms with Crippen LogP contribution in [0.5, 0.6) is 0 Å². The number of aryl methyl sites for hydroxylation is 2. The molecule has 0 saturated carbocycles. The Morgan fingerprint density at radius 2 is 2.42 bits per heavy atom. The number of carbonyl (C=O) groups is 1. The van der Waals surface area contributed by atoms with Crippen molar-refractivity contribution in [3.63, 3.8) is 0 Å². The molecule has 0 aromatic carbocycles. The van der Waals surface area contributed by atoms with Crippen LogP contribution in [0.1, 0.15) is 17.8 Å². The lowest BCUT2D eigenvalue weighted by atomic mass is 10.2. The highest BCUT2D eigenvalue weighted by Gasteiger charge is 2.07. The third-order valence-corrected chi connectivity index (χ3v) is 1.65. The summed E-state index contributed by atoms with van der Waals surface area (Å²) in [6, 6.07) is 0. The lowest BCUT2D eigenvalue weighted by Crippen LogP contribution is -2.00. The Bertz CT molecular complexity index is 293. The van der Waals surface area contributed by atoms with Gasteiger partial charge in [0.15, 0.2) is 0 Å². The second-order valence-corrected chi connectivity index (χ2v) is 2.60. The van der Waals surface area contributed by atoms with E-state index in [4.69, 9.17) is 10.8 Å². The van der Waals surface area contributed by atoms with Crippen molar-refractivity contribution >= 4 is 11.7 Å². The Morgan fingerprint density at radius 3 is 2.83 bits per heavy atom. The van der Waals surface area contributed by atoms with Gasteiger partial charge in [0.25, 0.3) is 0 Å². The quantitative estimate of drug-likeness (QED) is 0.607. The monoisotopic (exact) mass is 169 g/mol. The van der Waals surface area contributed by atoms with Crippen LogP contribution in [0.4, 0.5) is 5.69 Å². The summed E-state index contributed by atoms with van der Waals surface area (Å²) in [6.45, 7) is 1.80. The van der Waals surface area contributed by atoms with E-state index in [0.717, 1.165) is 5.69 Å². The Kier molecular flexibility index (Phi) is 2.32. The van der Waals surface area contributed by atoms with Gasteiger partial charge in [-0.05, 0) is 6.92 Å². The zero-order valence-corrected chi connectivity index (χ0v) is 6.79. The minimum atomic E-state index is -0.838. The molecule has 4 N–H and O–H groups in total. The molecule has 0 atom stereocenters. The van der Waals surface area contributed by atoms with E-state index >= 15 is 0 Å². The number of hydrogen-bond acceptors (Lipinski definition) is 3. The highest BCUT2D eigenvalue weighted by atomic mass is 16.4. The average molecular weight is 169 g/mol. The lowest BCUT2D eigenvalue weighted by molar-refractivity contribution is -0.136. The molecule has 1 aromatic rings. The largest absolute Gasteiger partial charge is 0.481 e. The van der Waals surface area contributed by atoms with Crippen LogP contribution >= 0.6 is 0 Å². The number of anilines is 1. The Labute approximate surface area is 69.6 Å². The first kappa shape index (κ1) is 8.58. The minimum absolute atomic E-state index is 0.0640. The summed E-state index contributed by atoms with van der Waals surface area (Å²) in [4.78, 5) is 10.2. The normalized spacial score (nSPS) is 10.1. The second-order valence-electron chi connectivity index (χ2n) is 2.60. The first-order valence-electron chi connectivity index (χ1n) is 3.62. The predicted octanol–water partition coefficient (Wildman–Crippen LogP) is 0.318. The van der Waals surface area contributed by atoms with Gasteiger partial charge in [0.1, 0.15) is 0 Å². The molecule has 0 bridgehead atoms. The van der Waals surface area contributed by atoms with Crippen LogP contribution in [0.25, 0.3) is 0 Å². The first-order valence-corrected chi connectivity index (χ1v) is 3.62. The summed E-state index contributed by atoms with van der Waals surface area (Å²) >= 11 is 0. The number of aromatic nitrogens is 2. The third kappa shape index (κ3) is 1.75. The summed E-state index contributed by atoms with van der Waals surface area (Å²) in [5.41, 5.74) is 7.59. The number of nitrogens with two attached hydrogens (primary N) is 1. The van der Waals surface area contributed by atoms with Crippen molar-refractivity contribution in [2.24, 2.45) is 0 Å². The van der Waals surface area contributed by atoms with Gasteiger partial charge >= 0.3 is 5.97 Å². The highest BCUT2D eigenvalue weighted by Crippen LogP contribution is 2.13. The van der Waals surface area contributed by atoms with E-state index < -0.39 is 5.97 Å². The number of rotatable bonds is 3. The van der Waals surface area contributed by atoms with Gasteiger partial charge in [-0.3, -0.25) is 9.89 Å². The number of carboxylic acid groups (broad SMARTS) is 1. The van der Waals surface area contributed by atoms with Gasteiger partial charge in [-0.25, -0.2) is 0 Å². The summed E-state index contributed by atoms with van der Waals surface area (Å²) in [6.07, 6.45) is 0.444. The maximum absolute atomic E-state index is 10.2. The second kappa shape index (κ2) is 3.25. The van der Waals surface area contributed by atoms with Gasteiger partial charge in [0.05, 0.1) is 23.5 Å². The molecule has 0 aliphatic rings. The van der Waals surface area contributed by atoms with E-state index in [1.807, 2.05) is 0 Å². The van der Waals surface area contributed by atoms with Crippen molar-refractivity contribution in [1.29, 1.82) is 0 Å². The van der Waals surface area contributed by atoms with Gasteiger partial charge < -0.3 is 10.8 Å². The van der Waals surface area contributed by atoms with Gasteiger partial charge in [-0.2, -0.15) is 5.10 Å². The standard InChI is InChI=1S/C7H11N3O2/c1-4-7(8)5(10-9-4)2-3-6(11)12/h2-3,8H2,1H3,(H,9,10)(H,11,12). The number of carboxylic acids is 1. The Balaban J connectivity index is 2.63. The molecule has 0 aliphatic heterocycles. The molecule has 5 nitrogen and oxygen atoms in total. The number of nitrogen functional groups attached to an aromatic ring is 1. The maximum atomic E-state index is 10.2. The van der Waals surface area contributed by atoms with Crippen molar-refractivity contribution in [2.75, 3.05) is 5.73 Å². The van der Waals surface area contributed by atoms with Crippen molar-refractivity contribution in [3.05, 3.63) is 11.4 Å². The van der Waals surface area contributed by atoms with Gasteiger partial charge in [-0.1, -0.05) is 0 Å². The van der Waals surface area contributed by atoms with E-state index in [0.29, 0.717) is 17.8 Å². The zero-order chi connectivity index (χ0) is 9.14. The van der Waals surface area contributed by atoms with Gasteiger partial charge in [-0.15, -0.1) is 0 Å². The van der Waals surface area contributed by atoms with Gasteiger partial charge in [0, 0.05) is 6.42 Å². The topological polar surface area (TPSA) is 92.0 Å². The van der Waals surface area contributed by atoms with Crippen LogP contribution in [0.15, 0.2) is 0 Å². The number of hydrogen-bond donors (Lipinski definition) is 3. The predicted molar refractivity (Wildman–Crippen MR) is 43.7 cm³/mol. The molecule has 5 heteroatoms. The minimum Gasteiger partial charge on any atom is -0.481 e.